The van der Waals surface area contributed by atoms with Gasteiger partial charge in [-0.15, -0.1) is 11.3 Å². The highest BCUT2D eigenvalue weighted by atomic mass is 32.1. The molecule has 0 radical (unpaired) electrons. The molecular formula is C15H10F3NO3S. The monoisotopic (exact) mass is 341 g/mol. The van der Waals surface area contributed by atoms with Crippen LogP contribution in [0.4, 0.5) is 18.9 Å². The van der Waals surface area contributed by atoms with Crippen LogP contribution in [0.1, 0.15) is 26.9 Å². The van der Waals surface area contributed by atoms with Crippen LogP contribution in [0.15, 0.2) is 30.3 Å². The lowest BCUT2D eigenvalue weighted by Crippen LogP contribution is -2.30. The second-order valence-electron chi connectivity index (χ2n) is 5.06. The van der Waals surface area contributed by atoms with Gasteiger partial charge in [-0.1, -0.05) is 30.3 Å². The van der Waals surface area contributed by atoms with Crippen molar-refractivity contribution in [1.29, 1.82) is 0 Å². The van der Waals surface area contributed by atoms with Gasteiger partial charge in [-0.2, -0.15) is 13.2 Å². The van der Waals surface area contributed by atoms with Crippen LogP contribution in [0.2, 0.25) is 0 Å². The number of alkyl halides is 3. The fraction of sp³-hybridized carbons (Fsp3) is 0.200. The van der Waals surface area contributed by atoms with E-state index in [9.17, 15) is 27.9 Å². The molecule has 0 saturated heterocycles. The summed E-state index contributed by atoms with van der Waals surface area (Å²) in [6.07, 6.45) is -5.34. The summed E-state index contributed by atoms with van der Waals surface area (Å²) in [7, 11) is 0. The van der Waals surface area contributed by atoms with Crippen LogP contribution in [0, 0.1) is 0 Å². The first kappa shape index (κ1) is 15.5. The van der Waals surface area contributed by atoms with E-state index in [1.165, 1.54) is 0 Å². The Morgan fingerprint density at radius 1 is 1.26 bits per heavy atom. The molecule has 0 spiro atoms. The van der Waals surface area contributed by atoms with Crippen LogP contribution in [-0.4, -0.2) is 23.2 Å². The van der Waals surface area contributed by atoms with Crippen LogP contribution >= 0.6 is 11.3 Å². The summed E-state index contributed by atoms with van der Waals surface area (Å²) in [5.74, 6) is -4.07. The van der Waals surface area contributed by atoms with Crippen LogP contribution < -0.4 is 5.32 Å². The Morgan fingerprint density at radius 3 is 2.48 bits per heavy atom. The van der Waals surface area contributed by atoms with Gasteiger partial charge in [0.2, 0.25) is 5.91 Å². The molecule has 8 heteroatoms. The number of carbonyl (C=O) groups excluding carboxylic acids is 1. The minimum atomic E-state index is -4.61. The van der Waals surface area contributed by atoms with Crippen LogP contribution in [0.5, 0.6) is 0 Å². The molecule has 0 aliphatic carbocycles. The van der Waals surface area contributed by atoms with Crippen molar-refractivity contribution in [2.24, 2.45) is 0 Å². The summed E-state index contributed by atoms with van der Waals surface area (Å²) in [6.45, 7) is 0. The zero-order valence-electron chi connectivity index (χ0n) is 11.5. The van der Waals surface area contributed by atoms with Crippen LogP contribution in [0.25, 0.3) is 11.1 Å². The standard InChI is InChI=1S/C15H10F3NO3S/c16-15(17,18)8-6-9(20)19-11-10(7-4-2-1-3-5-7)13(14(21)22)23-12(8)11/h1-5,8H,6H2,(H,19,20)(H,21,22)/t8-/m1/s1. The Morgan fingerprint density at radius 2 is 1.91 bits per heavy atom. The third-order valence-corrected chi connectivity index (χ3v) is 4.85. The summed E-state index contributed by atoms with van der Waals surface area (Å²) >= 11 is 0.568. The fourth-order valence-corrected chi connectivity index (χ4v) is 3.83. The highest BCUT2D eigenvalue weighted by molar-refractivity contribution is 7.15. The van der Waals surface area contributed by atoms with Gasteiger partial charge in [0.05, 0.1) is 5.69 Å². The van der Waals surface area contributed by atoms with Crippen molar-refractivity contribution >= 4 is 28.9 Å². The predicted molar refractivity (Wildman–Crippen MR) is 78.8 cm³/mol. The van der Waals surface area contributed by atoms with E-state index in [-0.39, 0.29) is 21.0 Å². The summed E-state index contributed by atoms with van der Waals surface area (Å²) in [4.78, 5) is 22.8. The molecule has 1 atom stereocenters. The molecule has 2 heterocycles. The number of amides is 1. The predicted octanol–water partition coefficient (Wildman–Crippen LogP) is 4.10. The van der Waals surface area contributed by atoms with Gasteiger partial charge in [-0.3, -0.25) is 4.79 Å². The van der Waals surface area contributed by atoms with E-state index in [1.807, 2.05) is 0 Å². The molecular weight excluding hydrogens is 331 g/mol. The van der Waals surface area contributed by atoms with E-state index in [4.69, 9.17) is 0 Å². The molecule has 23 heavy (non-hydrogen) atoms. The maximum absolute atomic E-state index is 13.2. The van der Waals surface area contributed by atoms with Gasteiger partial charge in [-0.25, -0.2) is 4.79 Å². The van der Waals surface area contributed by atoms with Crippen molar-refractivity contribution in [2.45, 2.75) is 18.5 Å². The summed E-state index contributed by atoms with van der Waals surface area (Å²) < 4.78 is 39.7. The average molecular weight is 341 g/mol. The lowest BCUT2D eigenvalue weighted by molar-refractivity contribution is -0.156. The Hall–Kier alpha value is -2.35. The van der Waals surface area contributed by atoms with Crippen molar-refractivity contribution in [3.8, 4) is 11.1 Å². The molecule has 0 bridgehead atoms. The molecule has 0 fully saturated rings. The quantitative estimate of drug-likeness (QED) is 0.864. The Labute approximate surface area is 132 Å². The van der Waals surface area contributed by atoms with Gasteiger partial charge < -0.3 is 10.4 Å². The molecule has 1 aromatic heterocycles. The number of hydrogen-bond acceptors (Lipinski definition) is 3. The van der Waals surface area contributed by atoms with Crippen molar-refractivity contribution in [3.63, 3.8) is 0 Å². The van der Waals surface area contributed by atoms with E-state index >= 15 is 0 Å². The number of thiophene rings is 1. The Balaban J connectivity index is 2.27. The first-order valence-electron chi connectivity index (χ1n) is 6.61. The second-order valence-corrected chi connectivity index (χ2v) is 6.12. The Bertz CT molecular complexity index is 783. The average Bonchev–Trinajstić information content (AvgIpc) is 2.85. The summed E-state index contributed by atoms with van der Waals surface area (Å²) in [5, 5.41) is 11.8. The van der Waals surface area contributed by atoms with Crippen LogP contribution in [-0.2, 0) is 4.79 Å². The number of carboxylic acids is 1. The first-order chi connectivity index (χ1) is 10.8. The largest absolute Gasteiger partial charge is 0.477 e. The number of carboxylic acid groups (broad SMARTS) is 1. The van der Waals surface area contributed by atoms with Crippen LogP contribution in [0.3, 0.4) is 0 Å². The molecule has 120 valence electrons. The topological polar surface area (TPSA) is 66.4 Å². The minimum Gasteiger partial charge on any atom is -0.477 e. The molecule has 3 rings (SSSR count). The highest BCUT2D eigenvalue weighted by Gasteiger charge is 2.47. The van der Waals surface area contributed by atoms with E-state index in [2.05, 4.69) is 5.32 Å². The van der Waals surface area contributed by atoms with E-state index in [0.717, 1.165) is 0 Å². The number of halogens is 3. The third kappa shape index (κ3) is 2.70. The molecule has 1 aromatic carbocycles. The zero-order chi connectivity index (χ0) is 16.8. The summed E-state index contributed by atoms with van der Waals surface area (Å²) in [6, 6.07) is 8.20. The number of aromatic carboxylic acids is 1. The molecule has 1 aliphatic rings. The van der Waals surface area contributed by atoms with Crippen molar-refractivity contribution in [3.05, 3.63) is 40.1 Å². The molecule has 0 unspecified atom stereocenters. The van der Waals surface area contributed by atoms with Gasteiger partial charge in [0, 0.05) is 16.9 Å². The maximum Gasteiger partial charge on any atom is 0.397 e. The molecule has 2 aromatic rings. The number of hydrogen-bond donors (Lipinski definition) is 2. The number of nitrogens with one attached hydrogen (secondary N) is 1. The minimum absolute atomic E-state index is 0.0443. The van der Waals surface area contributed by atoms with Crippen molar-refractivity contribution < 1.29 is 27.9 Å². The Kier molecular flexibility index (Phi) is 3.63. The van der Waals surface area contributed by atoms with Gasteiger partial charge in [0.15, 0.2) is 0 Å². The zero-order valence-corrected chi connectivity index (χ0v) is 12.3. The fourth-order valence-electron chi connectivity index (χ4n) is 2.58. The van der Waals surface area contributed by atoms with Gasteiger partial charge in [0.25, 0.3) is 0 Å². The lowest BCUT2D eigenvalue weighted by atomic mass is 9.94. The molecule has 2 N–H and O–H groups in total. The number of rotatable bonds is 2. The maximum atomic E-state index is 13.2. The van der Waals surface area contributed by atoms with Gasteiger partial charge in [0.1, 0.15) is 10.8 Å². The van der Waals surface area contributed by atoms with E-state index < -0.39 is 30.4 Å². The SMILES string of the molecule is O=C1C[C@@H](C(F)(F)F)c2sc(C(=O)O)c(-c3ccccc3)c2N1. The first-order valence-corrected chi connectivity index (χ1v) is 7.42. The number of carbonyl (C=O) groups is 2. The van der Waals surface area contributed by atoms with Gasteiger partial charge in [-0.05, 0) is 5.56 Å². The lowest BCUT2D eigenvalue weighted by Gasteiger charge is -2.25. The number of anilines is 1. The second kappa shape index (κ2) is 5.38. The molecule has 1 aliphatic heterocycles. The van der Waals surface area contributed by atoms with Crippen molar-refractivity contribution in [1.82, 2.24) is 0 Å². The normalized spacial score (nSPS) is 17.5. The van der Waals surface area contributed by atoms with E-state index in [0.29, 0.717) is 16.9 Å². The van der Waals surface area contributed by atoms with Crippen molar-refractivity contribution in [2.75, 3.05) is 5.32 Å². The number of benzene rings is 1. The molecule has 1 amide bonds. The van der Waals surface area contributed by atoms with E-state index in [1.54, 1.807) is 30.3 Å². The molecule has 0 saturated carbocycles. The highest BCUT2D eigenvalue weighted by Crippen LogP contribution is 2.51. The smallest absolute Gasteiger partial charge is 0.397 e. The summed E-state index contributed by atoms with van der Waals surface area (Å²) in [5.41, 5.74) is 0.531. The number of fused-ring (bicyclic) bond motifs is 1. The molecule has 4 nitrogen and oxygen atoms in total. The van der Waals surface area contributed by atoms with Gasteiger partial charge >= 0.3 is 12.1 Å². The third-order valence-electron chi connectivity index (χ3n) is 3.56.